The Morgan fingerprint density at radius 3 is 1.83 bits per heavy atom. The first-order valence-corrected chi connectivity index (χ1v) is 5.45. The highest BCUT2D eigenvalue weighted by molar-refractivity contribution is 5.88. The van der Waals surface area contributed by atoms with Crippen LogP contribution in [0.5, 0.6) is 0 Å². The molecule has 0 saturated carbocycles. The third-order valence-electron chi connectivity index (χ3n) is 2.55. The zero-order valence-electron chi connectivity index (χ0n) is 9.58. The van der Waals surface area contributed by atoms with Crippen molar-refractivity contribution in [2.75, 3.05) is 0 Å². The number of rotatable bonds is 4. The van der Waals surface area contributed by atoms with Gasteiger partial charge in [0.05, 0.1) is 5.70 Å². The Kier molecular flexibility index (Phi) is 3.83. The van der Waals surface area contributed by atoms with Gasteiger partial charge in [0.2, 0.25) is 0 Å². The third-order valence-corrected chi connectivity index (χ3v) is 2.55. The summed E-state index contributed by atoms with van der Waals surface area (Å²) in [6.07, 6.45) is 0. The van der Waals surface area contributed by atoms with Crippen molar-refractivity contribution in [3.63, 3.8) is 0 Å². The quantitative estimate of drug-likeness (QED) is 0.490. The maximum atomic E-state index is 11.0. The molecular formula is C14H12N2O2. The maximum Gasteiger partial charge on any atom is 0.141 e. The lowest BCUT2D eigenvalue weighted by Gasteiger charge is -2.09. The van der Waals surface area contributed by atoms with E-state index in [1.807, 2.05) is 24.3 Å². The monoisotopic (exact) mass is 240 g/mol. The van der Waals surface area contributed by atoms with E-state index in [-0.39, 0.29) is 11.4 Å². The molecule has 90 valence electrons. The van der Waals surface area contributed by atoms with E-state index in [9.17, 15) is 10.1 Å². The summed E-state index contributed by atoms with van der Waals surface area (Å²) in [6.45, 7) is 0. The second-order valence-electron chi connectivity index (χ2n) is 3.66. The molecule has 0 fully saturated rings. The Morgan fingerprint density at radius 2 is 1.39 bits per heavy atom. The molecule has 0 amide bonds. The minimum Gasteiger partial charge on any atom is -0.291 e. The fourth-order valence-electron chi connectivity index (χ4n) is 1.70. The van der Waals surface area contributed by atoms with E-state index in [2.05, 4.69) is 10.7 Å². The number of benzene rings is 2. The van der Waals surface area contributed by atoms with Crippen molar-refractivity contribution in [1.29, 1.82) is 0 Å². The maximum absolute atomic E-state index is 11.0. The Labute approximate surface area is 105 Å². The summed E-state index contributed by atoms with van der Waals surface area (Å²) in [6, 6.07) is 18.0. The van der Waals surface area contributed by atoms with Crippen LogP contribution < -0.4 is 5.48 Å². The Hall–Kier alpha value is -2.46. The van der Waals surface area contributed by atoms with Gasteiger partial charge in [-0.1, -0.05) is 60.7 Å². The summed E-state index contributed by atoms with van der Waals surface area (Å²) in [5, 5.41) is 12.2. The van der Waals surface area contributed by atoms with Crippen molar-refractivity contribution >= 4 is 11.4 Å². The fourth-order valence-corrected chi connectivity index (χ4v) is 1.70. The summed E-state index contributed by atoms with van der Waals surface area (Å²) in [5.74, 6) is 0. The van der Waals surface area contributed by atoms with Gasteiger partial charge in [-0.25, -0.2) is 0 Å². The minimum atomic E-state index is 0.171. The van der Waals surface area contributed by atoms with Crippen LogP contribution in [-0.2, 0) is 0 Å². The molecule has 0 radical (unpaired) electrons. The van der Waals surface area contributed by atoms with Crippen LogP contribution in [0, 0.1) is 4.91 Å². The van der Waals surface area contributed by atoms with Gasteiger partial charge in [-0.15, -0.1) is 4.91 Å². The molecule has 4 nitrogen and oxygen atoms in total. The summed E-state index contributed by atoms with van der Waals surface area (Å²) in [7, 11) is 0. The van der Waals surface area contributed by atoms with Crippen molar-refractivity contribution in [1.82, 2.24) is 5.48 Å². The van der Waals surface area contributed by atoms with E-state index < -0.39 is 0 Å². The van der Waals surface area contributed by atoms with E-state index in [0.29, 0.717) is 11.1 Å². The lowest BCUT2D eigenvalue weighted by molar-refractivity contribution is 0.225. The Bertz CT molecular complexity index is 551. The van der Waals surface area contributed by atoms with Gasteiger partial charge in [0.25, 0.3) is 0 Å². The molecular weight excluding hydrogens is 228 g/mol. The van der Waals surface area contributed by atoms with Gasteiger partial charge in [0.1, 0.15) is 5.70 Å². The molecule has 2 N–H and O–H groups in total. The van der Waals surface area contributed by atoms with E-state index in [1.54, 1.807) is 36.4 Å². The molecule has 0 atom stereocenters. The molecule has 2 aromatic rings. The predicted octanol–water partition coefficient (Wildman–Crippen LogP) is 3.26. The lowest BCUT2D eigenvalue weighted by atomic mass is 10.1. The Balaban J connectivity index is 2.57. The number of nitrogens with zero attached hydrogens (tertiary/aromatic N) is 1. The topological polar surface area (TPSA) is 61.7 Å². The fraction of sp³-hybridized carbons (Fsp3) is 0. The van der Waals surface area contributed by atoms with E-state index in [4.69, 9.17) is 0 Å². The van der Waals surface area contributed by atoms with Crippen LogP contribution >= 0.6 is 0 Å². The number of hydroxylamine groups is 1. The first kappa shape index (κ1) is 12.0. The number of hydrogen-bond donors (Lipinski definition) is 2. The first-order chi connectivity index (χ1) is 8.86. The van der Waals surface area contributed by atoms with Crippen LogP contribution in [0.25, 0.3) is 11.4 Å². The van der Waals surface area contributed by atoms with Crippen molar-refractivity contribution in [3.8, 4) is 0 Å². The molecule has 0 bridgehead atoms. The van der Waals surface area contributed by atoms with Crippen LogP contribution in [0.4, 0.5) is 0 Å². The molecule has 2 aromatic carbocycles. The predicted molar refractivity (Wildman–Crippen MR) is 70.4 cm³/mol. The summed E-state index contributed by atoms with van der Waals surface area (Å²) >= 11 is 0. The van der Waals surface area contributed by atoms with Crippen LogP contribution in [-0.4, -0.2) is 5.21 Å². The van der Waals surface area contributed by atoms with Gasteiger partial charge < -0.3 is 0 Å². The molecule has 18 heavy (non-hydrogen) atoms. The van der Waals surface area contributed by atoms with E-state index in [0.717, 1.165) is 0 Å². The van der Waals surface area contributed by atoms with Crippen LogP contribution in [0.2, 0.25) is 0 Å². The first-order valence-electron chi connectivity index (χ1n) is 5.45. The standard InChI is InChI=1S/C14H12N2O2/c17-15-13(11-7-3-1-4-8-11)14(16-18)12-9-5-2-6-10-12/h1-10,15,17H/b14-13+. The zero-order valence-corrected chi connectivity index (χ0v) is 9.58. The second-order valence-corrected chi connectivity index (χ2v) is 3.66. The molecule has 0 heterocycles. The molecule has 0 aliphatic rings. The van der Waals surface area contributed by atoms with Crippen LogP contribution in [0.15, 0.2) is 65.8 Å². The molecule has 4 heteroatoms. The van der Waals surface area contributed by atoms with Crippen molar-refractivity contribution in [2.24, 2.45) is 5.18 Å². The van der Waals surface area contributed by atoms with Crippen molar-refractivity contribution in [2.45, 2.75) is 0 Å². The molecule has 0 spiro atoms. The summed E-state index contributed by atoms with van der Waals surface area (Å²) in [4.78, 5) is 11.0. The number of nitroso groups, excluding NO2 is 1. The summed E-state index contributed by atoms with van der Waals surface area (Å²) < 4.78 is 0. The lowest BCUT2D eigenvalue weighted by Crippen LogP contribution is -2.08. The Morgan fingerprint density at radius 1 is 0.889 bits per heavy atom. The highest BCUT2D eigenvalue weighted by atomic mass is 16.5. The normalized spacial score (nSPS) is 11.6. The average molecular weight is 240 g/mol. The molecule has 2 rings (SSSR count). The number of nitrogens with one attached hydrogen (secondary N) is 1. The van der Waals surface area contributed by atoms with Gasteiger partial charge in [-0.05, 0) is 5.18 Å². The second kappa shape index (κ2) is 5.75. The zero-order chi connectivity index (χ0) is 12.8. The largest absolute Gasteiger partial charge is 0.291 e. The highest BCUT2D eigenvalue weighted by Gasteiger charge is 2.11. The molecule has 0 unspecified atom stereocenters. The molecule has 0 saturated heterocycles. The van der Waals surface area contributed by atoms with Gasteiger partial charge in [-0.3, -0.25) is 10.7 Å². The smallest absolute Gasteiger partial charge is 0.141 e. The van der Waals surface area contributed by atoms with Gasteiger partial charge >= 0.3 is 0 Å². The van der Waals surface area contributed by atoms with Gasteiger partial charge in [-0.2, -0.15) is 0 Å². The van der Waals surface area contributed by atoms with Crippen molar-refractivity contribution < 1.29 is 5.21 Å². The molecule has 0 aliphatic carbocycles. The van der Waals surface area contributed by atoms with E-state index >= 15 is 0 Å². The molecule has 0 aliphatic heterocycles. The van der Waals surface area contributed by atoms with Crippen LogP contribution in [0.3, 0.4) is 0 Å². The SMILES string of the molecule is O=N/C(=C(/NO)c1ccccc1)c1ccccc1. The average Bonchev–Trinajstić information content (AvgIpc) is 2.46. The highest BCUT2D eigenvalue weighted by Crippen LogP contribution is 2.24. The summed E-state index contributed by atoms with van der Waals surface area (Å²) in [5.41, 5.74) is 3.85. The minimum absolute atomic E-state index is 0.171. The number of hydrogen-bond acceptors (Lipinski definition) is 4. The van der Waals surface area contributed by atoms with Crippen LogP contribution in [0.1, 0.15) is 11.1 Å². The molecule has 0 aromatic heterocycles. The van der Waals surface area contributed by atoms with E-state index in [1.165, 1.54) is 0 Å². The third kappa shape index (κ3) is 2.44. The van der Waals surface area contributed by atoms with Gasteiger partial charge in [0, 0.05) is 11.1 Å². The van der Waals surface area contributed by atoms with Gasteiger partial charge in [0.15, 0.2) is 0 Å². The van der Waals surface area contributed by atoms with Crippen molar-refractivity contribution in [3.05, 3.63) is 76.7 Å².